The number of rotatable bonds is 4. The Morgan fingerprint density at radius 2 is 1.87 bits per heavy atom. The van der Waals surface area contributed by atoms with Gasteiger partial charge in [-0.3, -0.25) is 0 Å². The van der Waals surface area contributed by atoms with Crippen LogP contribution in [0.1, 0.15) is 63.6 Å². The van der Waals surface area contributed by atoms with Crippen molar-refractivity contribution in [2.24, 2.45) is 0 Å². The molecule has 1 aliphatic rings. The minimum atomic E-state index is 0.345. The summed E-state index contributed by atoms with van der Waals surface area (Å²) in [5.74, 6) is 1.49. The van der Waals surface area contributed by atoms with Crippen molar-refractivity contribution in [3.63, 3.8) is 0 Å². The fraction of sp³-hybridized carbons (Fsp3) is 0.526. The first-order chi connectivity index (χ1) is 11.2. The minimum absolute atomic E-state index is 0.345. The first kappa shape index (κ1) is 17.9. The van der Waals surface area contributed by atoms with Crippen LogP contribution < -0.4 is 5.32 Å². The molecule has 0 spiro atoms. The summed E-state index contributed by atoms with van der Waals surface area (Å²) in [6.45, 7) is 8.62. The number of anilines is 1. The Balaban J connectivity index is 0.000000433. The van der Waals surface area contributed by atoms with Gasteiger partial charge in [0.2, 0.25) is 0 Å². The number of aryl methyl sites for hydroxylation is 1. The highest BCUT2D eigenvalue weighted by Crippen LogP contribution is 2.30. The summed E-state index contributed by atoms with van der Waals surface area (Å²) in [6.07, 6.45) is 4.82. The minimum Gasteiger partial charge on any atom is -0.370 e. The number of halogens is 1. The van der Waals surface area contributed by atoms with Crippen LogP contribution in [0.3, 0.4) is 0 Å². The Labute approximate surface area is 145 Å². The molecule has 0 amide bonds. The molecule has 0 radical (unpaired) electrons. The molecule has 0 saturated heterocycles. The molecular weight excluding hydrogens is 306 g/mol. The maximum atomic E-state index is 5.96. The highest BCUT2D eigenvalue weighted by Gasteiger charge is 2.19. The maximum absolute atomic E-state index is 5.96. The molecule has 2 aromatic rings. The van der Waals surface area contributed by atoms with Gasteiger partial charge in [0.05, 0.1) is 5.69 Å². The standard InChI is InChI=1S/C15H18ClN3.C4H10/c1-2-13(11-4-6-12(16)7-5-11)14-10-15-17-8-3-9-19(15)18-14;1-3-4-2/h4-7,10,13,17H,2-3,8-9H2,1H3;3-4H2,1-2H3. The van der Waals surface area contributed by atoms with Crippen LogP contribution in [0.5, 0.6) is 0 Å². The van der Waals surface area contributed by atoms with Crippen molar-refractivity contribution in [3.8, 4) is 0 Å². The summed E-state index contributed by atoms with van der Waals surface area (Å²) < 4.78 is 2.08. The van der Waals surface area contributed by atoms with Gasteiger partial charge >= 0.3 is 0 Å². The van der Waals surface area contributed by atoms with Crippen LogP contribution in [0, 0.1) is 0 Å². The molecule has 1 unspecified atom stereocenters. The Kier molecular flexibility index (Phi) is 6.97. The van der Waals surface area contributed by atoms with E-state index >= 15 is 0 Å². The monoisotopic (exact) mass is 333 g/mol. The largest absolute Gasteiger partial charge is 0.370 e. The summed E-state index contributed by atoms with van der Waals surface area (Å²) in [7, 11) is 0. The number of benzene rings is 1. The van der Waals surface area contributed by atoms with Crippen LogP contribution in [0.15, 0.2) is 30.3 Å². The summed E-state index contributed by atoms with van der Waals surface area (Å²) in [5, 5.41) is 8.93. The average molecular weight is 334 g/mol. The van der Waals surface area contributed by atoms with Crippen LogP contribution in [0.4, 0.5) is 5.82 Å². The molecule has 1 aliphatic heterocycles. The van der Waals surface area contributed by atoms with Crippen molar-refractivity contribution in [2.75, 3.05) is 11.9 Å². The van der Waals surface area contributed by atoms with Gasteiger partial charge < -0.3 is 5.32 Å². The second kappa shape index (κ2) is 8.97. The third kappa shape index (κ3) is 4.74. The van der Waals surface area contributed by atoms with Crippen molar-refractivity contribution in [1.82, 2.24) is 9.78 Å². The molecule has 1 aromatic heterocycles. The average Bonchev–Trinajstić information content (AvgIpc) is 3.01. The van der Waals surface area contributed by atoms with Gasteiger partial charge in [-0.1, -0.05) is 57.3 Å². The Morgan fingerprint density at radius 1 is 1.17 bits per heavy atom. The van der Waals surface area contributed by atoms with Crippen molar-refractivity contribution < 1.29 is 0 Å². The van der Waals surface area contributed by atoms with Crippen molar-refractivity contribution >= 4 is 17.4 Å². The van der Waals surface area contributed by atoms with Gasteiger partial charge in [-0.15, -0.1) is 0 Å². The van der Waals surface area contributed by atoms with E-state index in [1.54, 1.807) is 0 Å². The summed E-state index contributed by atoms with van der Waals surface area (Å²) in [5.41, 5.74) is 2.43. The van der Waals surface area contributed by atoms with E-state index < -0.39 is 0 Å². The van der Waals surface area contributed by atoms with Crippen molar-refractivity contribution in [1.29, 1.82) is 0 Å². The third-order valence-electron chi connectivity index (χ3n) is 4.19. The molecule has 0 fully saturated rings. The summed E-state index contributed by atoms with van der Waals surface area (Å²) in [4.78, 5) is 0. The van der Waals surface area contributed by atoms with E-state index in [1.165, 1.54) is 18.4 Å². The van der Waals surface area contributed by atoms with E-state index in [1.807, 2.05) is 12.1 Å². The van der Waals surface area contributed by atoms with Crippen LogP contribution in [0.25, 0.3) is 0 Å². The predicted molar refractivity (Wildman–Crippen MR) is 99.5 cm³/mol. The summed E-state index contributed by atoms with van der Waals surface area (Å²) >= 11 is 5.96. The molecule has 1 N–H and O–H groups in total. The molecular formula is C19H28ClN3. The smallest absolute Gasteiger partial charge is 0.124 e. The zero-order chi connectivity index (χ0) is 16.7. The topological polar surface area (TPSA) is 29.9 Å². The number of unbranched alkanes of at least 4 members (excludes halogenated alkanes) is 1. The fourth-order valence-corrected chi connectivity index (χ4v) is 2.80. The number of nitrogens with one attached hydrogen (secondary N) is 1. The van der Waals surface area contributed by atoms with Gasteiger partial charge in [0.1, 0.15) is 5.82 Å². The molecule has 3 rings (SSSR count). The van der Waals surface area contributed by atoms with Gasteiger partial charge in [0, 0.05) is 30.1 Å². The van der Waals surface area contributed by atoms with E-state index in [9.17, 15) is 0 Å². The van der Waals surface area contributed by atoms with Gasteiger partial charge in [-0.25, -0.2) is 4.68 Å². The Bertz CT molecular complexity index is 564. The first-order valence-electron chi connectivity index (χ1n) is 8.76. The lowest BCUT2D eigenvalue weighted by molar-refractivity contribution is 0.555. The first-order valence-corrected chi connectivity index (χ1v) is 9.14. The van der Waals surface area contributed by atoms with Crippen LogP contribution in [-0.4, -0.2) is 16.3 Å². The van der Waals surface area contributed by atoms with Gasteiger partial charge in [0.25, 0.3) is 0 Å². The molecule has 0 aliphatic carbocycles. The predicted octanol–water partition coefficient (Wildman–Crippen LogP) is 5.70. The van der Waals surface area contributed by atoms with E-state index in [2.05, 4.69) is 49.0 Å². The second-order valence-electron chi connectivity index (χ2n) is 5.97. The molecule has 1 atom stereocenters. The van der Waals surface area contributed by atoms with E-state index in [4.69, 9.17) is 16.7 Å². The van der Waals surface area contributed by atoms with Gasteiger partial charge in [-0.05, 0) is 30.5 Å². The quantitative estimate of drug-likeness (QED) is 0.777. The fourth-order valence-electron chi connectivity index (χ4n) is 2.68. The molecule has 23 heavy (non-hydrogen) atoms. The van der Waals surface area contributed by atoms with Crippen molar-refractivity contribution in [3.05, 3.63) is 46.6 Å². The highest BCUT2D eigenvalue weighted by molar-refractivity contribution is 6.30. The second-order valence-corrected chi connectivity index (χ2v) is 6.41. The Morgan fingerprint density at radius 3 is 2.43 bits per heavy atom. The lowest BCUT2D eigenvalue weighted by atomic mass is 9.93. The molecule has 2 heterocycles. The highest BCUT2D eigenvalue weighted by atomic mass is 35.5. The molecule has 4 heteroatoms. The number of nitrogens with zero attached hydrogens (tertiary/aromatic N) is 2. The Hall–Kier alpha value is -1.48. The van der Waals surface area contributed by atoms with Crippen molar-refractivity contribution in [2.45, 2.75) is 58.9 Å². The van der Waals surface area contributed by atoms with Crippen LogP contribution in [-0.2, 0) is 6.54 Å². The molecule has 0 saturated carbocycles. The number of hydrogen-bond acceptors (Lipinski definition) is 2. The van der Waals surface area contributed by atoms with Crippen LogP contribution in [0.2, 0.25) is 5.02 Å². The normalized spacial score (nSPS) is 14.3. The van der Waals surface area contributed by atoms with E-state index in [-0.39, 0.29) is 0 Å². The molecule has 3 nitrogen and oxygen atoms in total. The SMILES string of the molecule is CCC(c1ccc(Cl)cc1)c1cc2n(n1)CCCN2.CCCC. The lowest BCUT2D eigenvalue weighted by Gasteiger charge is -2.14. The van der Waals surface area contributed by atoms with E-state index in [0.29, 0.717) is 5.92 Å². The molecule has 126 valence electrons. The zero-order valence-corrected chi connectivity index (χ0v) is 15.2. The van der Waals surface area contributed by atoms with Gasteiger partial charge in [0.15, 0.2) is 0 Å². The number of fused-ring (bicyclic) bond motifs is 1. The van der Waals surface area contributed by atoms with E-state index in [0.717, 1.165) is 42.5 Å². The number of aromatic nitrogens is 2. The van der Waals surface area contributed by atoms with Gasteiger partial charge in [-0.2, -0.15) is 5.10 Å². The molecule has 1 aromatic carbocycles. The number of hydrogen-bond donors (Lipinski definition) is 1. The lowest BCUT2D eigenvalue weighted by Crippen LogP contribution is -2.17. The third-order valence-corrected chi connectivity index (χ3v) is 4.44. The maximum Gasteiger partial charge on any atom is 0.124 e. The zero-order valence-electron chi connectivity index (χ0n) is 14.5. The molecule has 0 bridgehead atoms. The summed E-state index contributed by atoms with van der Waals surface area (Å²) in [6, 6.07) is 10.3. The van der Waals surface area contributed by atoms with Crippen LogP contribution >= 0.6 is 11.6 Å².